The smallest absolute Gasteiger partial charge is 0.240 e. The Hall–Kier alpha value is -1.33. The van der Waals surface area contributed by atoms with Crippen LogP contribution in [0, 0.1) is 0 Å². The number of benzene rings is 1. The molecule has 16 heavy (non-hydrogen) atoms. The minimum absolute atomic E-state index is 0.0115. The van der Waals surface area contributed by atoms with Gasteiger partial charge in [-0.1, -0.05) is 12.2 Å². The molecule has 0 spiro atoms. The minimum atomic E-state index is -3.41. The van der Waals surface area contributed by atoms with Crippen LogP contribution in [0.4, 0.5) is 5.69 Å². The largest absolute Gasteiger partial charge is 0.399 e. The Morgan fingerprint density at radius 1 is 1.12 bits per heavy atom. The summed E-state index contributed by atoms with van der Waals surface area (Å²) >= 11 is 0. The number of nitrogen functional groups attached to an aromatic ring is 1. The van der Waals surface area contributed by atoms with Crippen LogP contribution in [0.5, 0.6) is 0 Å². The quantitative estimate of drug-likeness (QED) is 0.615. The SMILES string of the molecule is Nc1ccc(S(=O)(=O)NC2CC=CC2)cc1. The molecule has 0 unspecified atom stereocenters. The van der Waals surface area contributed by atoms with Crippen molar-refractivity contribution in [1.29, 1.82) is 0 Å². The fraction of sp³-hybridized carbons (Fsp3) is 0.273. The van der Waals surface area contributed by atoms with Crippen molar-refractivity contribution < 1.29 is 8.42 Å². The zero-order valence-corrected chi connectivity index (χ0v) is 9.57. The number of nitrogens with one attached hydrogen (secondary N) is 1. The van der Waals surface area contributed by atoms with Gasteiger partial charge in [0.15, 0.2) is 0 Å². The highest BCUT2D eigenvalue weighted by Gasteiger charge is 2.20. The van der Waals surface area contributed by atoms with Gasteiger partial charge in [0.05, 0.1) is 4.90 Å². The molecule has 1 aliphatic rings. The minimum Gasteiger partial charge on any atom is -0.399 e. The Labute approximate surface area is 95.2 Å². The van der Waals surface area contributed by atoms with Crippen LogP contribution in [-0.4, -0.2) is 14.5 Å². The van der Waals surface area contributed by atoms with E-state index in [1.165, 1.54) is 12.1 Å². The van der Waals surface area contributed by atoms with Crippen LogP contribution in [0.3, 0.4) is 0 Å². The van der Waals surface area contributed by atoms with Gasteiger partial charge in [-0.3, -0.25) is 0 Å². The lowest BCUT2D eigenvalue weighted by Gasteiger charge is -2.12. The first kappa shape index (κ1) is 11.2. The van der Waals surface area contributed by atoms with Crippen LogP contribution in [0.25, 0.3) is 0 Å². The topological polar surface area (TPSA) is 72.2 Å². The van der Waals surface area contributed by atoms with E-state index in [1.807, 2.05) is 12.2 Å². The van der Waals surface area contributed by atoms with Crippen LogP contribution in [-0.2, 0) is 10.0 Å². The maximum absolute atomic E-state index is 11.9. The average Bonchev–Trinajstić information content (AvgIpc) is 2.70. The fourth-order valence-corrected chi connectivity index (χ4v) is 2.91. The molecule has 0 saturated heterocycles. The van der Waals surface area contributed by atoms with Crippen molar-refractivity contribution in [3.8, 4) is 0 Å². The summed E-state index contributed by atoms with van der Waals surface area (Å²) in [5.74, 6) is 0. The summed E-state index contributed by atoms with van der Waals surface area (Å²) in [4.78, 5) is 0.258. The molecule has 0 aliphatic heterocycles. The van der Waals surface area contributed by atoms with E-state index in [2.05, 4.69) is 4.72 Å². The molecule has 5 heteroatoms. The first-order valence-corrected chi connectivity index (χ1v) is 6.59. The van der Waals surface area contributed by atoms with Gasteiger partial charge in [-0.25, -0.2) is 13.1 Å². The van der Waals surface area contributed by atoms with Crippen molar-refractivity contribution in [2.45, 2.75) is 23.8 Å². The predicted octanol–water partition coefficient (Wildman–Crippen LogP) is 1.27. The lowest BCUT2D eigenvalue weighted by atomic mass is 10.3. The number of rotatable bonds is 3. The summed E-state index contributed by atoms with van der Waals surface area (Å²) < 4.78 is 26.5. The first-order valence-electron chi connectivity index (χ1n) is 5.11. The van der Waals surface area contributed by atoms with Crippen molar-refractivity contribution in [3.63, 3.8) is 0 Å². The van der Waals surface area contributed by atoms with Crippen LogP contribution in [0.15, 0.2) is 41.3 Å². The Kier molecular flexibility index (Phi) is 2.98. The Morgan fingerprint density at radius 2 is 1.69 bits per heavy atom. The number of nitrogens with two attached hydrogens (primary N) is 1. The monoisotopic (exact) mass is 238 g/mol. The summed E-state index contributed by atoms with van der Waals surface area (Å²) in [6.07, 6.45) is 5.48. The number of anilines is 1. The molecule has 0 heterocycles. The summed E-state index contributed by atoms with van der Waals surface area (Å²) in [5.41, 5.74) is 6.07. The third-order valence-electron chi connectivity index (χ3n) is 2.52. The van der Waals surface area contributed by atoms with Gasteiger partial charge in [0.25, 0.3) is 0 Å². The summed E-state index contributed by atoms with van der Waals surface area (Å²) in [7, 11) is -3.41. The zero-order chi connectivity index (χ0) is 11.6. The van der Waals surface area contributed by atoms with E-state index in [0.29, 0.717) is 5.69 Å². The maximum Gasteiger partial charge on any atom is 0.240 e. The second kappa shape index (κ2) is 4.27. The molecular weight excluding hydrogens is 224 g/mol. The Balaban J connectivity index is 2.15. The molecule has 2 rings (SSSR count). The van der Waals surface area contributed by atoms with Crippen LogP contribution in [0.1, 0.15) is 12.8 Å². The highest BCUT2D eigenvalue weighted by molar-refractivity contribution is 7.89. The van der Waals surface area contributed by atoms with Crippen molar-refractivity contribution in [2.75, 3.05) is 5.73 Å². The van der Waals surface area contributed by atoms with Gasteiger partial charge in [0.2, 0.25) is 10.0 Å². The molecule has 1 aromatic carbocycles. The van der Waals surface area contributed by atoms with Gasteiger partial charge in [0, 0.05) is 11.7 Å². The van der Waals surface area contributed by atoms with E-state index >= 15 is 0 Å². The lowest BCUT2D eigenvalue weighted by molar-refractivity contribution is 0.557. The average molecular weight is 238 g/mol. The van der Waals surface area contributed by atoms with Crippen molar-refractivity contribution in [3.05, 3.63) is 36.4 Å². The van der Waals surface area contributed by atoms with E-state index in [1.54, 1.807) is 12.1 Å². The van der Waals surface area contributed by atoms with Gasteiger partial charge in [-0.2, -0.15) is 0 Å². The third kappa shape index (κ3) is 2.43. The molecule has 3 N–H and O–H groups in total. The van der Waals surface area contributed by atoms with E-state index in [9.17, 15) is 8.42 Å². The van der Waals surface area contributed by atoms with Crippen LogP contribution in [0.2, 0.25) is 0 Å². The maximum atomic E-state index is 11.9. The molecule has 1 aromatic rings. The van der Waals surface area contributed by atoms with Crippen LogP contribution >= 0.6 is 0 Å². The first-order chi connectivity index (χ1) is 7.58. The van der Waals surface area contributed by atoms with Crippen LogP contribution < -0.4 is 10.5 Å². The number of hydrogen-bond acceptors (Lipinski definition) is 3. The standard InChI is InChI=1S/C11H14N2O2S/c12-9-5-7-11(8-6-9)16(14,15)13-10-3-1-2-4-10/h1-2,5-8,10,13H,3-4,12H2. The third-order valence-corrected chi connectivity index (χ3v) is 4.06. The zero-order valence-electron chi connectivity index (χ0n) is 8.76. The Bertz CT molecular complexity index is 483. The molecule has 1 aliphatic carbocycles. The predicted molar refractivity (Wildman–Crippen MR) is 63.3 cm³/mol. The van der Waals surface area contributed by atoms with E-state index in [0.717, 1.165) is 12.8 Å². The molecule has 0 atom stereocenters. The highest BCUT2D eigenvalue weighted by Crippen LogP contribution is 2.16. The van der Waals surface area contributed by atoms with Crippen molar-refractivity contribution >= 4 is 15.7 Å². The number of sulfonamides is 1. The molecule has 4 nitrogen and oxygen atoms in total. The van der Waals surface area contributed by atoms with Gasteiger partial charge < -0.3 is 5.73 Å². The van der Waals surface area contributed by atoms with Crippen molar-refractivity contribution in [2.24, 2.45) is 0 Å². The molecule has 0 radical (unpaired) electrons. The molecule has 0 bridgehead atoms. The summed E-state index contributed by atoms with van der Waals surface area (Å²) in [6.45, 7) is 0. The summed E-state index contributed by atoms with van der Waals surface area (Å²) in [6, 6.07) is 6.19. The molecule has 86 valence electrons. The van der Waals surface area contributed by atoms with E-state index in [-0.39, 0.29) is 10.9 Å². The molecule has 0 saturated carbocycles. The highest BCUT2D eigenvalue weighted by atomic mass is 32.2. The molecule has 0 fully saturated rings. The van der Waals surface area contributed by atoms with Crippen molar-refractivity contribution in [1.82, 2.24) is 4.72 Å². The van der Waals surface area contributed by atoms with Gasteiger partial charge >= 0.3 is 0 Å². The normalized spacial score (nSPS) is 16.8. The second-order valence-corrected chi connectivity index (χ2v) is 5.54. The van der Waals surface area contributed by atoms with E-state index in [4.69, 9.17) is 5.73 Å². The molecule has 0 amide bonds. The lowest BCUT2D eigenvalue weighted by Crippen LogP contribution is -2.32. The van der Waals surface area contributed by atoms with Gasteiger partial charge in [-0.15, -0.1) is 0 Å². The fourth-order valence-electron chi connectivity index (χ4n) is 1.65. The molecular formula is C11H14N2O2S. The van der Waals surface area contributed by atoms with Gasteiger partial charge in [0.1, 0.15) is 0 Å². The number of hydrogen-bond donors (Lipinski definition) is 2. The summed E-state index contributed by atoms with van der Waals surface area (Å²) in [5, 5.41) is 0. The Morgan fingerprint density at radius 3 is 2.25 bits per heavy atom. The van der Waals surface area contributed by atoms with Gasteiger partial charge in [-0.05, 0) is 37.1 Å². The second-order valence-electron chi connectivity index (χ2n) is 3.83. The van der Waals surface area contributed by atoms with E-state index < -0.39 is 10.0 Å². The molecule has 0 aromatic heterocycles.